The number of rotatable bonds is 7. The smallest absolute Gasteiger partial charge is 0.215 e. The quantitative estimate of drug-likeness (QED) is 0.371. The van der Waals surface area contributed by atoms with Crippen LogP contribution in [0.3, 0.4) is 0 Å². The third-order valence-corrected chi connectivity index (χ3v) is 6.92. The Balaban J connectivity index is 1.19. The van der Waals surface area contributed by atoms with Gasteiger partial charge in [0.2, 0.25) is 5.88 Å². The van der Waals surface area contributed by atoms with Crippen molar-refractivity contribution in [1.82, 2.24) is 20.3 Å². The summed E-state index contributed by atoms with van der Waals surface area (Å²) in [6.45, 7) is 6.70. The third-order valence-electron chi connectivity index (χ3n) is 6.92. The van der Waals surface area contributed by atoms with Gasteiger partial charge in [0.15, 0.2) is 5.82 Å². The van der Waals surface area contributed by atoms with Crippen molar-refractivity contribution in [3.63, 3.8) is 0 Å². The van der Waals surface area contributed by atoms with Crippen molar-refractivity contribution in [3.05, 3.63) is 89.6 Å². The summed E-state index contributed by atoms with van der Waals surface area (Å²) in [6.07, 6.45) is 0.943. The van der Waals surface area contributed by atoms with E-state index in [4.69, 9.17) is 19.4 Å². The summed E-state index contributed by atoms with van der Waals surface area (Å²) in [5.74, 6) is 3.11. The fourth-order valence-corrected chi connectivity index (χ4v) is 4.89. The summed E-state index contributed by atoms with van der Waals surface area (Å²) in [6, 6.07) is 24.3. The Hall–Kier alpha value is -4.01. The lowest BCUT2D eigenvalue weighted by molar-refractivity contribution is 0.0984. The summed E-state index contributed by atoms with van der Waals surface area (Å²) in [5, 5.41) is 6.84. The molecule has 194 valence electrons. The van der Waals surface area contributed by atoms with Gasteiger partial charge in [-0.2, -0.15) is 4.98 Å². The molecule has 8 heteroatoms. The first kappa shape index (κ1) is 24.3. The highest BCUT2D eigenvalue weighted by atomic mass is 16.5. The number of hydrogen-bond acceptors (Lipinski definition) is 8. The van der Waals surface area contributed by atoms with Crippen LogP contribution in [0, 0.1) is 0 Å². The number of anilines is 3. The number of nitrogens with one attached hydrogen (secondary N) is 2. The molecule has 8 nitrogen and oxygen atoms in total. The zero-order valence-corrected chi connectivity index (χ0v) is 21.6. The van der Waals surface area contributed by atoms with Gasteiger partial charge in [-0.05, 0) is 55.8 Å². The molecule has 2 aromatic heterocycles. The van der Waals surface area contributed by atoms with Gasteiger partial charge in [0, 0.05) is 36.0 Å². The average Bonchev–Trinajstić information content (AvgIpc) is 2.97. The van der Waals surface area contributed by atoms with Crippen LogP contribution >= 0.6 is 0 Å². The second-order valence-corrected chi connectivity index (χ2v) is 9.68. The molecule has 1 saturated heterocycles. The molecule has 1 fully saturated rings. The van der Waals surface area contributed by atoms with Gasteiger partial charge in [-0.1, -0.05) is 36.4 Å². The van der Waals surface area contributed by atoms with Crippen molar-refractivity contribution in [1.29, 1.82) is 0 Å². The molecular weight excluding hydrogens is 476 g/mol. The van der Waals surface area contributed by atoms with Crippen LogP contribution in [0.5, 0.6) is 5.88 Å². The SMILES string of the molecule is CC1COCCN1c1nc(-c2ccc(Nc3cccc(OCc4ccccc4)n3)cc2)nc2c1CCNC2. The minimum atomic E-state index is 0.289. The second kappa shape index (κ2) is 11.2. The number of hydrogen-bond donors (Lipinski definition) is 2. The Morgan fingerprint density at radius 2 is 1.87 bits per heavy atom. The van der Waals surface area contributed by atoms with E-state index in [1.54, 1.807) is 0 Å². The van der Waals surface area contributed by atoms with Crippen molar-refractivity contribution < 1.29 is 9.47 Å². The minimum Gasteiger partial charge on any atom is -0.473 e. The van der Waals surface area contributed by atoms with E-state index in [1.165, 1.54) is 5.56 Å². The van der Waals surface area contributed by atoms with Crippen molar-refractivity contribution in [3.8, 4) is 17.3 Å². The molecule has 38 heavy (non-hydrogen) atoms. The molecule has 2 aliphatic rings. The Kier molecular flexibility index (Phi) is 7.15. The van der Waals surface area contributed by atoms with Crippen LogP contribution in [0.25, 0.3) is 11.4 Å². The third kappa shape index (κ3) is 5.46. The van der Waals surface area contributed by atoms with E-state index in [0.717, 1.165) is 79.2 Å². The van der Waals surface area contributed by atoms with E-state index in [9.17, 15) is 0 Å². The summed E-state index contributed by atoms with van der Waals surface area (Å²) >= 11 is 0. The maximum atomic E-state index is 5.88. The van der Waals surface area contributed by atoms with Gasteiger partial charge in [-0.25, -0.2) is 9.97 Å². The second-order valence-electron chi connectivity index (χ2n) is 9.68. The maximum Gasteiger partial charge on any atom is 0.215 e. The topological polar surface area (TPSA) is 84.4 Å². The number of aromatic nitrogens is 3. The highest BCUT2D eigenvalue weighted by molar-refractivity contribution is 5.66. The van der Waals surface area contributed by atoms with E-state index >= 15 is 0 Å². The summed E-state index contributed by atoms with van der Waals surface area (Å²) in [5.41, 5.74) is 5.38. The molecule has 2 N–H and O–H groups in total. The number of fused-ring (bicyclic) bond motifs is 1. The molecular formula is C30H32N6O2. The predicted octanol–water partition coefficient (Wildman–Crippen LogP) is 4.73. The van der Waals surface area contributed by atoms with E-state index in [1.807, 2.05) is 60.7 Å². The largest absolute Gasteiger partial charge is 0.473 e. The van der Waals surface area contributed by atoms with Gasteiger partial charge in [-0.3, -0.25) is 0 Å². The van der Waals surface area contributed by atoms with Crippen molar-refractivity contribution in [2.24, 2.45) is 0 Å². The Bertz CT molecular complexity index is 1380. The summed E-state index contributed by atoms with van der Waals surface area (Å²) in [7, 11) is 0. The van der Waals surface area contributed by atoms with Crippen LogP contribution in [0.1, 0.15) is 23.7 Å². The Morgan fingerprint density at radius 3 is 2.71 bits per heavy atom. The first-order valence-corrected chi connectivity index (χ1v) is 13.2. The van der Waals surface area contributed by atoms with Crippen molar-refractivity contribution in [2.75, 3.05) is 36.5 Å². The van der Waals surface area contributed by atoms with Crippen molar-refractivity contribution >= 4 is 17.3 Å². The number of nitrogens with zero attached hydrogens (tertiary/aromatic N) is 4. The van der Waals surface area contributed by atoms with Gasteiger partial charge >= 0.3 is 0 Å². The highest BCUT2D eigenvalue weighted by Crippen LogP contribution is 2.30. The molecule has 2 aliphatic heterocycles. The highest BCUT2D eigenvalue weighted by Gasteiger charge is 2.27. The molecule has 1 unspecified atom stereocenters. The van der Waals surface area contributed by atoms with Crippen molar-refractivity contribution in [2.45, 2.75) is 32.5 Å². The number of ether oxygens (including phenoxy) is 2. The fraction of sp³-hybridized carbons (Fsp3) is 0.300. The van der Waals surface area contributed by atoms with E-state index in [0.29, 0.717) is 12.5 Å². The van der Waals surface area contributed by atoms with Gasteiger partial charge in [0.25, 0.3) is 0 Å². The number of pyridine rings is 1. The van der Waals surface area contributed by atoms with Gasteiger partial charge in [-0.15, -0.1) is 0 Å². The molecule has 0 saturated carbocycles. The molecule has 2 aromatic carbocycles. The molecule has 0 bridgehead atoms. The van der Waals surface area contributed by atoms with Gasteiger partial charge in [0.1, 0.15) is 18.2 Å². The molecule has 1 atom stereocenters. The lowest BCUT2D eigenvalue weighted by Gasteiger charge is -2.36. The van der Waals surface area contributed by atoms with E-state index in [-0.39, 0.29) is 6.04 Å². The molecule has 0 spiro atoms. The lowest BCUT2D eigenvalue weighted by atomic mass is 10.0. The van der Waals surface area contributed by atoms with Gasteiger partial charge in [0.05, 0.1) is 24.9 Å². The summed E-state index contributed by atoms with van der Waals surface area (Å²) in [4.78, 5) is 17.0. The number of benzene rings is 2. The van der Waals surface area contributed by atoms with Crippen LogP contribution in [0.2, 0.25) is 0 Å². The zero-order valence-electron chi connectivity index (χ0n) is 21.6. The van der Waals surface area contributed by atoms with Crippen LogP contribution < -0.4 is 20.3 Å². The average molecular weight is 509 g/mol. The van der Waals surface area contributed by atoms with E-state index in [2.05, 4.69) is 39.6 Å². The molecule has 0 aliphatic carbocycles. The Labute approximate surface area is 223 Å². The summed E-state index contributed by atoms with van der Waals surface area (Å²) < 4.78 is 11.6. The fourth-order valence-electron chi connectivity index (χ4n) is 4.89. The Morgan fingerprint density at radius 1 is 1.00 bits per heavy atom. The number of morpholine rings is 1. The normalized spacial score (nSPS) is 17.1. The minimum absolute atomic E-state index is 0.289. The zero-order chi connectivity index (χ0) is 25.7. The van der Waals surface area contributed by atoms with Crippen LogP contribution in [0.15, 0.2) is 72.8 Å². The molecule has 4 aromatic rings. The first-order valence-electron chi connectivity index (χ1n) is 13.2. The maximum absolute atomic E-state index is 5.88. The molecule has 4 heterocycles. The lowest BCUT2D eigenvalue weighted by Crippen LogP contribution is -2.45. The monoisotopic (exact) mass is 508 g/mol. The predicted molar refractivity (Wildman–Crippen MR) is 149 cm³/mol. The van der Waals surface area contributed by atoms with Crippen LogP contribution in [0.4, 0.5) is 17.3 Å². The molecule has 0 radical (unpaired) electrons. The van der Waals surface area contributed by atoms with Crippen LogP contribution in [-0.2, 0) is 24.3 Å². The van der Waals surface area contributed by atoms with E-state index < -0.39 is 0 Å². The van der Waals surface area contributed by atoms with Crippen LogP contribution in [-0.4, -0.2) is 47.3 Å². The molecule has 6 rings (SSSR count). The standard InChI is InChI=1S/C30H32N6O2/c1-21-19-37-17-16-36(21)30-25-14-15-31-18-26(25)33-29(35-30)23-10-12-24(13-11-23)32-27-8-5-9-28(34-27)38-20-22-6-3-2-4-7-22/h2-13,21,31H,14-20H2,1H3,(H,32,34). The van der Waals surface area contributed by atoms with Gasteiger partial charge < -0.3 is 25.0 Å². The molecule has 0 amide bonds. The first-order chi connectivity index (χ1) is 18.7.